The van der Waals surface area contributed by atoms with E-state index in [1.807, 2.05) is 58.9 Å². The Morgan fingerprint density at radius 1 is 1.10 bits per heavy atom. The van der Waals surface area contributed by atoms with E-state index in [0.29, 0.717) is 29.9 Å². The average Bonchev–Trinajstić information content (AvgIpc) is 2.58. The van der Waals surface area contributed by atoms with E-state index in [-0.39, 0.29) is 29.4 Å². The lowest BCUT2D eigenvalue weighted by Crippen LogP contribution is -2.40. The van der Waals surface area contributed by atoms with Gasteiger partial charge in [0.15, 0.2) is 5.78 Å². The fourth-order valence-electron chi connectivity index (χ4n) is 4.49. The number of aliphatic imine (C=N–C) groups is 1. The van der Waals surface area contributed by atoms with Crippen molar-refractivity contribution in [1.29, 1.82) is 0 Å². The van der Waals surface area contributed by atoms with Crippen molar-refractivity contribution < 1.29 is 19.1 Å². The summed E-state index contributed by atoms with van der Waals surface area (Å²) in [5.74, 6) is -0.696. The van der Waals surface area contributed by atoms with E-state index >= 15 is 0 Å². The summed E-state index contributed by atoms with van der Waals surface area (Å²) in [4.78, 5) is 31.3. The Kier molecular flexibility index (Phi) is 6.21. The summed E-state index contributed by atoms with van der Waals surface area (Å²) < 4.78 is 11.7. The van der Waals surface area contributed by atoms with Gasteiger partial charge in [-0.25, -0.2) is 0 Å². The van der Waals surface area contributed by atoms with Crippen molar-refractivity contribution in [2.75, 3.05) is 0 Å². The van der Waals surface area contributed by atoms with Crippen molar-refractivity contribution in [1.82, 2.24) is 0 Å². The lowest BCUT2D eigenvalue weighted by Gasteiger charge is -2.39. The summed E-state index contributed by atoms with van der Waals surface area (Å²) in [5, 5.41) is 0. The van der Waals surface area contributed by atoms with Gasteiger partial charge in [-0.1, -0.05) is 32.0 Å². The molecular weight excluding hydrogens is 378 g/mol. The van der Waals surface area contributed by atoms with E-state index in [4.69, 9.17) is 14.5 Å². The smallest absolute Gasteiger partial charge is 0.315 e. The molecule has 30 heavy (non-hydrogen) atoms. The average molecular weight is 412 g/mol. The largest absolute Gasteiger partial charge is 0.491 e. The number of rotatable bonds is 5. The Hall–Kier alpha value is -2.43. The fourth-order valence-corrected chi connectivity index (χ4v) is 4.49. The maximum absolute atomic E-state index is 13.3. The first-order valence-corrected chi connectivity index (χ1v) is 10.8. The Labute approximate surface area is 179 Å². The maximum atomic E-state index is 13.3. The number of para-hydroxylation sites is 1. The molecule has 0 bridgehead atoms. The second kappa shape index (κ2) is 8.37. The van der Waals surface area contributed by atoms with Crippen molar-refractivity contribution in [3.63, 3.8) is 0 Å². The molecule has 0 amide bonds. The molecule has 0 radical (unpaired) electrons. The summed E-state index contributed by atoms with van der Waals surface area (Å²) in [6.45, 7) is 13.6. The van der Waals surface area contributed by atoms with Gasteiger partial charge in [-0.3, -0.25) is 14.6 Å². The summed E-state index contributed by atoms with van der Waals surface area (Å²) in [6.07, 6.45) is 0.876. The van der Waals surface area contributed by atoms with Crippen molar-refractivity contribution in [2.24, 2.45) is 16.3 Å². The predicted octanol–water partition coefficient (Wildman–Crippen LogP) is 5.24. The Morgan fingerprint density at radius 3 is 2.40 bits per heavy atom. The predicted molar refractivity (Wildman–Crippen MR) is 118 cm³/mol. The molecule has 5 heteroatoms. The highest BCUT2D eigenvalue weighted by atomic mass is 16.5. The summed E-state index contributed by atoms with van der Waals surface area (Å²) in [6, 6.07) is 7.69. The SMILES string of the molecule is CC1=NC2=C(C(=O)CC(C)(C)C2)[C@H](c2ccccc2OC(C)C)C1C(=O)OC(C)C. The number of hydrogen-bond donors (Lipinski definition) is 0. The van der Waals surface area contributed by atoms with Crippen LogP contribution in [0.4, 0.5) is 0 Å². The molecule has 0 saturated carbocycles. The van der Waals surface area contributed by atoms with E-state index in [1.54, 1.807) is 0 Å². The molecule has 0 N–H and O–H groups in total. The minimum Gasteiger partial charge on any atom is -0.491 e. The Bertz CT molecular complexity index is 907. The van der Waals surface area contributed by atoms with Gasteiger partial charge in [-0.2, -0.15) is 0 Å². The first-order chi connectivity index (χ1) is 14.0. The molecular formula is C25H33NO4. The van der Waals surface area contributed by atoms with Crippen LogP contribution in [0.5, 0.6) is 5.75 Å². The second-order valence-electron chi connectivity index (χ2n) is 9.70. The van der Waals surface area contributed by atoms with Crippen molar-refractivity contribution in [3.8, 4) is 5.75 Å². The van der Waals surface area contributed by atoms with Crippen molar-refractivity contribution in [2.45, 2.75) is 79.4 Å². The monoisotopic (exact) mass is 411 g/mol. The maximum Gasteiger partial charge on any atom is 0.315 e. The molecule has 0 aromatic heterocycles. The number of ketones is 1. The van der Waals surface area contributed by atoms with Crippen molar-refractivity contribution >= 4 is 17.5 Å². The van der Waals surface area contributed by atoms with Crippen LogP contribution in [0, 0.1) is 11.3 Å². The Morgan fingerprint density at radius 2 is 1.77 bits per heavy atom. The van der Waals surface area contributed by atoms with E-state index in [0.717, 1.165) is 11.3 Å². The van der Waals surface area contributed by atoms with Crippen LogP contribution < -0.4 is 4.74 Å². The third-order valence-corrected chi connectivity index (χ3v) is 5.52. The molecule has 1 heterocycles. The van der Waals surface area contributed by atoms with Gasteiger partial charge in [0, 0.05) is 34.9 Å². The minimum atomic E-state index is -0.645. The molecule has 1 unspecified atom stereocenters. The van der Waals surface area contributed by atoms with Gasteiger partial charge in [0.05, 0.1) is 12.2 Å². The number of nitrogens with zero attached hydrogens (tertiary/aromatic N) is 1. The van der Waals surface area contributed by atoms with Crippen LogP contribution >= 0.6 is 0 Å². The summed E-state index contributed by atoms with van der Waals surface area (Å²) >= 11 is 0. The van der Waals surface area contributed by atoms with Gasteiger partial charge in [0.1, 0.15) is 11.7 Å². The number of Topliss-reactive ketones (excluding diaryl/α,β-unsaturated/α-hetero) is 1. The van der Waals surface area contributed by atoms with Crippen LogP contribution in [0.3, 0.4) is 0 Å². The molecule has 1 aliphatic heterocycles. The zero-order valence-electron chi connectivity index (χ0n) is 19.1. The van der Waals surface area contributed by atoms with E-state index < -0.39 is 11.8 Å². The van der Waals surface area contributed by atoms with Crippen molar-refractivity contribution in [3.05, 3.63) is 41.1 Å². The van der Waals surface area contributed by atoms with Gasteiger partial charge in [0.2, 0.25) is 0 Å². The molecule has 2 aliphatic rings. The van der Waals surface area contributed by atoms with Gasteiger partial charge >= 0.3 is 5.97 Å². The first kappa shape index (κ1) is 22.3. The number of ether oxygens (including phenoxy) is 2. The van der Waals surface area contributed by atoms with Gasteiger partial charge < -0.3 is 9.47 Å². The van der Waals surface area contributed by atoms with E-state index in [9.17, 15) is 9.59 Å². The lowest BCUT2D eigenvalue weighted by molar-refractivity contribution is -0.150. The fraction of sp³-hybridized carbons (Fsp3) is 0.560. The van der Waals surface area contributed by atoms with Crippen LogP contribution in [0.2, 0.25) is 0 Å². The summed E-state index contributed by atoms with van der Waals surface area (Å²) in [7, 11) is 0. The molecule has 2 atom stereocenters. The normalized spacial score (nSPS) is 23.4. The van der Waals surface area contributed by atoms with E-state index in [2.05, 4.69) is 13.8 Å². The second-order valence-corrected chi connectivity index (χ2v) is 9.70. The number of carbonyl (C=O) groups is 2. The Balaban J connectivity index is 2.20. The third-order valence-electron chi connectivity index (χ3n) is 5.52. The van der Waals surface area contributed by atoms with Crippen LogP contribution in [-0.4, -0.2) is 29.7 Å². The zero-order chi connectivity index (χ0) is 22.2. The molecule has 0 saturated heterocycles. The minimum absolute atomic E-state index is 0.0278. The van der Waals surface area contributed by atoms with Crippen LogP contribution in [0.1, 0.15) is 72.8 Å². The molecule has 5 nitrogen and oxygen atoms in total. The van der Waals surface area contributed by atoms with Crippen LogP contribution in [-0.2, 0) is 14.3 Å². The number of benzene rings is 1. The van der Waals surface area contributed by atoms with Gasteiger partial charge in [0.25, 0.3) is 0 Å². The topological polar surface area (TPSA) is 65.0 Å². The highest BCUT2D eigenvalue weighted by Crippen LogP contribution is 2.49. The molecule has 0 fully saturated rings. The highest BCUT2D eigenvalue weighted by Gasteiger charge is 2.47. The lowest BCUT2D eigenvalue weighted by atomic mass is 9.66. The van der Waals surface area contributed by atoms with Crippen LogP contribution in [0.25, 0.3) is 0 Å². The number of allylic oxidation sites excluding steroid dienone is 2. The molecule has 1 aromatic rings. The van der Waals surface area contributed by atoms with E-state index in [1.165, 1.54) is 0 Å². The first-order valence-electron chi connectivity index (χ1n) is 10.8. The molecule has 0 spiro atoms. The zero-order valence-corrected chi connectivity index (χ0v) is 19.1. The van der Waals surface area contributed by atoms with Gasteiger partial charge in [-0.15, -0.1) is 0 Å². The quantitative estimate of drug-likeness (QED) is 0.621. The molecule has 162 valence electrons. The van der Waals surface area contributed by atoms with Crippen LogP contribution in [0.15, 0.2) is 40.5 Å². The molecule has 1 aliphatic carbocycles. The number of esters is 1. The standard InChI is InChI=1S/C25H33NO4/c1-14(2)29-20-11-9-8-10-17(20)22-21(24(28)30-15(3)4)16(5)26-18-12-25(6,7)13-19(27)23(18)22/h8-11,14-15,21-22H,12-13H2,1-7H3/t21?,22-/m1/s1. The number of carbonyl (C=O) groups excluding carboxylic acids is 2. The molecule has 3 rings (SSSR count). The summed E-state index contributed by atoms with van der Waals surface area (Å²) in [5.41, 5.74) is 2.82. The highest BCUT2D eigenvalue weighted by molar-refractivity contribution is 6.09. The molecule has 1 aromatic carbocycles. The third kappa shape index (κ3) is 4.50. The van der Waals surface area contributed by atoms with Gasteiger partial charge in [-0.05, 0) is 52.5 Å². The number of hydrogen-bond acceptors (Lipinski definition) is 5.